The average Bonchev–Trinajstić information content (AvgIpc) is 2.73. The number of hydrogen-bond donors (Lipinski definition) is 2. The van der Waals surface area contributed by atoms with Crippen molar-refractivity contribution in [1.82, 2.24) is 10.0 Å². The number of sulfonamides is 1. The Labute approximate surface area is 107 Å². The van der Waals surface area contributed by atoms with E-state index in [9.17, 15) is 13.2 Å². The SMILES string of the molecule is Cc1ccccc1S(=O)(=O)NCC1CCC(=O)N1. The van der Waals surface area contributed by atoms with E-state index in [4.69, 9.17) is 0 Å². The molecule has 1 heterocycles. The molecular formula is C12H16N2O3S. The van der Waals surface area contributed by atoms with Crippen molar-refractivity contribution in [2.45, 2.75) is 30.7 Å². The summed E-state index contributed by atoms with van der Waals surface area (Å²) in [5, 5.41) is 2.73. The van der Waals surface area contributed by atoms with E-state index in [1.807, 2.05) is 0 Å². The minimum atomic E-state index is -3.50. The summed E-state index contributed by atoms with van der Waals surface area (Å²) < 4.78 is 26.7. The maximum atomic E-state index is 12.1. The van der Waals surface area contributed by atoms with Crippen LogP contribution in [0.5, 0.6) is 0 Å². The Morgan fingerprint density at radius 3 is 2.72 bits per heavy atom. The normalized spacial score (nSPS) is 19.8. The summed E-state index contributed by atoms with van der Waals surface area (Å²) in [6.45, 7) is 1.99. The van der Waals surface area contributed by atoms with Crippen molar-refractivity contribution in [1.29, 1.82) is 0 Å². The zero-order valence-electron chi connectivity index (χ0n) is 10.1. The van der Waals surface area contributed by atoms with Crippen molar-refractivity contribution < 1.29 is 13.2 Å². The van der Waals surface area contributed by atoms with Crippen LogP contribution in [0.2, 0.25) is 0 Å². The zero-order valence-corrected chi connectivity index (χ0v) is 11.0. The summed E-state index contributed by atoms with van der Waals surface area (Å²) >= 11 is 0. The quantitative estimate of drug-likeness (QED) is 0.837. The van der Waals surface area contributed by atoms with Crippen molar-refractivity contribution in [3.05, 3.63) is 29.8 Å². The lowest BCUT2D eigenvalue weighted by molar-refractivity contribution is -0.119. The minimum Gasteiger partial charge on any atom is -0.352 e. The minimum absolute atomic E-state index is 0.0184. The van der Waals surface area contributed by atoms with Gasteiger partial charge in [-0.1, -0.05) is 18.2 Å². The number of aryl methyl sites for hydroxylation is 1. The first-order valence-corrected chi connectivity index (χ1v) is 7.32. The highest BCUT2D eigenvalue weighted by Crippen LogP contribution is 2.14. The Balaban J connectivity index is 2.04. The molecule has 1 saturated heterocycles. The van der Waals surface area contributed by atoms with Crippen molar-refractivity contribution in [3.8, 4) is 0 Å². The van der Waals surface area contributed by atoms with Crippen LogP contribution >= 0.6 is 0 Å². The number of rotatable bonds is 4. The lowest BCUT2D eigenvalue weighted by atomic mass is 10.2. The molecule has 0 aromatic heterocycles. The van der Waals surface area contributed by atoms with Gasteiger partial charge in [0.1, 0.15) is 0 Å². The first-order chi connectivity index (χ1) is 8.49. The Hall–Kier alpha value is -1.40. The van der Waals surface area contributed by atoms with E-state index in [2.05, 4.69) is 10.0 Å². The topological polar surface area (TPSA) is 75.3 Å². The third-order valence-electron chi connectivity index (χ3n) is 2.99. The van der Waals surface area contributed by atoms with Crippen LogP contribution in [-0.2, 0) is 14.8 Å². The number of benzene rings is 1. The molecule has 1 aromatic rings. The largest absolute Gasteiger partial charge is 0.352 e. The second-order valence-electron chi connectivity index (χ2n) is 4.42. The third kappa shape index (κ3) is 2.88. The van der Waals surface area contributed by atoms with Gasteiger partial charge in [-0.15, -0.1) is 0 Å². The van der Waals surface area contributed by atoms with Crippen molar-refractivity contribution in [2.75, 3.05) is 6.54 Å². The lowest BCUT2D eigenvalue weighted by Gasteiger charge is -2.13. The molecule has 1 fully saturated rings. The number of amides is 1. The van der Waals surface area contributed by atoms with E-state index in [-0.39, 0.29) is 23.4 Å². The molecule has 6 heteroatoms. The smallest absolute Gasteiger partial charge is 0.240 e. The fourth-order valence-electron chi connectivity index (χ4n) is 1.98. The molecule has 2 rings (SSSR count). The van der Waals surface area contributed by atoms with Crippen LogP contribution in [0.15, 0.2) is 29.2 Å². The van der Waals surface area contributed by atoms with Gasteiger partial charge < -0.3 is 5.32 Å². The first-order valence-electron chi connectivity index (χ1n) is 5.84. The summed E-state index contributed by atoms with van der Waals surface area (Å²) in [5.74, 6) is -0.0184. The Morgan fingerprint density at radius 2 is 2.11 bits per heavy atom. The maximum Gasteiger partial charge on any atom is 0.240 e. The standard InChI is InChI=1S/C12H16N2O3S/c1-9-4-2-3-5-11(9)18(16,17)13-8-10-6-7-12(15)14-10/h2-5,10,13H,6-8H2,1H3,(H,14,15). The van der Waals surface area contributed by atoms with Gasteiger partial charge in [-0.05, 0) is 25.0 Å². The van der Waals surface area contributed by atoms with Gasteiger partial charge in [0, 0.05) is 19.0 Å². The Kier molecular flexibility index (Phi) is 3.68. The van der Waals surface area contributed by atoms with Gasteiger partial charge in [-0.3, -0.25) is 4.79 Å². The summed E-state index contributed by atoms with van der Waals surface area (Å²) in [7, 11) is -3.50. The van der Waals surface area contributed by atoms with Crippen LogP contribution < -0.4 is 10.0 Å². The van der Waals surface area contributed by atoms with Crippen LogP contribution in [0.3, 0.4) is 0 Å². The molecule has 0 radical (unpaired) electrons. The summed E-state index contributed by atoms with van der Waals surface area (Å²) in [6, 6.07) is 6.72. The predicted octanol–water partition coefficient (Wildman–Crippen LogP) is 0.552. The van der Waals surface area contributed by atoms with Gasteiger partial charge in [0.05, 0.1) is 4.90 Å². The summed E-state index contributed by atoms with van der Waals surface area (Å²) in [6.07, 6.45) is 1.14. The highest BCUT2D eigenvalue weighted by atomic mass is 32.2. The van der Waals surface area contributed by atoms with Crippen LogP contribution in [0.4, 0.5) is 0 Å². The molecule has 18 heavy (non-hydrogen) atoms. The lowest BCUT2D eigenvalue weighted by Crippen LogP contribution is -2.38. The molecule has 1 atom stereocenters. The van der Waals surface area contributed by atoms with E-state index in [1.165, 1.54) is 0 Å². The molecule has 0 spiro atoms. The molecule has 98 valence electrons. The van der Waals surface area contributed by atoms with E-state index in [1.54, 1.807) is 31.2 Å². The molecule has 5 nitrogen and oxygen atoms in total. The maximum absolute atomic E-state index is 12.1. The fourth-order valence-corrected chi connectivity index (χ4v) is 3.30. The van der Waals surface area contributed by atoms with Crippen molar-refractivity contribution >= 4 is 15.9 Å². The molecule has 0 aliphatic carbocycles. The second kappa shape index (κ2) is 5.07. The number of nitrogens with one attached hydrogen (secondary N) is 2. The molecule has 1 aromatic carbocycles. The number of hydrogen-bond acceptors (Lipinski definition) is 3. The van der Waals surface area contributed by atoms with Gasteiger partial charge in [-0.2, -0.15) is 0 Å². The van der Waals surface area contributed by atoms with Gasteiger partial charge >= 0.3 is 0 Å². The summed E-state index contributed by atoms with van der Waals surface area (Å²) in [4.78, 5) is 11.3. The molecule has 1 amide bonds. The zero-order chi connectivity index (χ0) is 13.2. The molecule has 0 saturated carbocycles. The average molecular weight is 268 g/mol. The van der Waals surface area contributed by atoms with Crippen LogP contribution in [0.1, 0.15) is 18.4 Å². The van der Waals surface area contributed by atoms with E-state index in [0.717, 1.165) is 0 Å². The van der Waals surface area contributed by atoms with Gasteiger partial charge in [0.2, 0.25) is 15.9 Å². The molecule has 1 aliphatic heterocycles. The van der Waals surface area contributed by atoms with Gasteiger partial charge in [0.25, 0.3) is 0 Å². The highest BCUT2D eigenvalue weighted by Gasteiger charge is 2.23. The van der Waals surface area contributed by atoms with E-state index in [0.29, 0.717) is 18.4 Å². The van der Waals surface area contributed by atoms with E-state index < -0.39 is 10.0 Å². The van der Waals surface area contributed by atoms with Gasteiger partial charge in [0.15, 0.2) is 0 Å². The Bertz CT molecular complexity index is 554. The van der Waals surface area contributed by atoms with Crippen molar-refractivity contribution in [2.24, 2.45) is 0 Å². The van der Waals surface area contributed by atoms with E-state index >= 15 is 0 Å². The number of carbonyl (C=O) groups is 1. The molecule has 0 bridgehead atoms. The predicted molar refractivity (Wildman–Crippen MR) is 67.5 cm³/mol. The number of carbonyl (C=O) groups excluding carboxylic acids is 1. The summed E-state index contributed by atoms with van der Waals surface area (Å²) in [5.41, 5.74) is 0.709. The monoisotopic (exact) mass is 268 g/mol. The van der Waals surface area contributed by atoms with Crippen LogP contribution in [0.25, 0.3) is 0 Å². The molecular weight excluding hydrogens is 252 g/mol. The highest BCUT2D eigenvalue weighted by molar-refractivity contribution is 7.89. The molecule has 2 N–H and O–H groups in total. The van der Waals surface area contributed by atoms with Crippen LogP contribution in [-0.4, -0.2) is 26.9 Å². The third-order valence-corrected chi connectivity index (χ3v) is 4.57. The Morgan fingerprint density at radius 1 is 1.39 bits per heavy atom. The molecule has 1 unspecified atom stereocenters. The fraction of sp³-hybridized carbons (Fsp3) is 0.417. The van der Waals surface area contributed by atoms with Crippen LogP contribution in [0, 0.1) is 6.92 Å². The second-order valence-corrected chi connectivity index (χ2v) is 6.16. The van der Waals surface area contributed by atoms with Gasteiger partial charge in [-0.25, -0.2) is 13.1 Å². The molecule has 1 aliphatic rings. The van der Waals surface area contributed by atoms with Crippen molar-refractivity contribution in [3.63, 3.8) is 0 Å². The first kappa shape index (κ1) is 13.0.